The molecule has 6 heteroatoms. The normalized spacial score (nSPS) is 10.9. The van der Waals surface area contributed by atoms with Crippen LogP contribution < -0.4 is 16.0 Å². The summed E-state index contributed by atoms with van der Waals surface area (Å²) >= 11 is 1.43. The van der Waals surface area contributed by atoms with E-state index in [1.165, 1.54) is 11.3 Å². The van der Waals surface area contributed by atoms with Crippen LogP contribution >= 0.6 is 11.3 Å². The fourth-order valence-corrected chi connectivity index (χ4v) is 3.04. The Balaban J connectivity index is 1.74. The lowest BCUT2D eigenvalue weighted by atomic mass is 10.3. The van der Waals surface area contributed by atoms with Crippen LogP contribution in [0.25, 0.3) is 10.2 Å². The van der Waals surface area contributed by atoms with Crippen molar-refractivity contribution in [2.45, 2.75) is 13.5 Å². The molecule has 1 aromatic carbocycles. The molecular formula is C15H15N3O2S. The van der Waals surface area contributed by atoms with E-state index in [0.717, 1.165) is 11.1 Å². The largest absolute Gasteiger partial charge is 0.492 e. The Hall–Kier alpha value is -2.34. The number of nitrogen functional groups attached to an aromatic ring is 1. The van der Waals surface area contributed by atoms with Crippen molar-refractivity contribution in [2.24, 2.45) is 0 Å². The van der Waals surface area contributed by atoms with Crippen LogP contribution in [-0.2, 0) is 6.54 Å². The summed E-state index contributed by atoms with van der Waals surface area (Å²) in [4.78, 5) is 16.6. The van der Waals surface area contributed by atoms with Gasteiger partial charge in [0.05, 0.1) is 18.4 Å². The zero-order chi connectivity index (χ0) is 14.8. The topological polar surface area (TPSA) is 70.1 Å². The fraction of sp³-hybridized carbons (Fsp3) is 0.200. The molecule has 0 aliphatic rings. The van der Waals surface area contributed by atoms with Crippen molar-refractivity contribution in [3.8, 4) is 5.75 Å². The summed E-state index contributed by atoms with van der Waals surface area (Å²) in [6, 6.07) is 7.23. The Labute approximate surface area is 125 Å². The maximum atomic E-state index is 12.3. The SMILES string of the molecule is Cc1csc2c(=O)n(CCOc3cccc(N)c3)cnc12. The van der Waals surface area contributed by atoms with Crippen molar-refractivity contribution in [1.29, 1.82) is 0 Å². The summed E-state index contributed by atoms with van der Waals surface area (Å²) in [6.45, 7) is 2.80. The van der Waals surface area contributed by atoms with Crippen LogP contribution in [0.15, 0.2) is 40.8 Å². The Morgan fingerprint density at radius 3 is 3.10 bits per heavy atom. The molecule has 0 unspecified atom stereocenters. The van der Waals surface area contributed by atoms with Crippen LogP contribution in [0.5, 0.6) is 5.75 Å². The van der Waals surface area contributed by atoms with Gasteiger partial charge in [-0.2, -0.15) is 0 Å². The number of nitrogens with two attached hydrogens (primary N) is 1. The quantitative estimate of drug-likeness (QED) is 0.751. The molecular weight excluding hydrogens is 286 g/mol. The number of ether oxygens (including phenoxy) is 1. The third-order valence-corrected chi connectivity index (χ3v) is 4.26. The van der Waals surface area contributed by atoms with Gasteiger partial charge in [-0.05, 0) is 30.0 Å². The third-order valence-electron chi connectivity index (χ3n) is 3.18. The first-order chi connectivity index (χ1) is 10.1. The number of anilines is 1. The summed E-state index contributed by atoms with van der Waals surface area (Å²) in [7, 11) is 0. The number of benzene rings is 1. The minimum absolute atomic E-state index is 0.0192. The van der Waals surface area contributed by atoms with Crippen molar-refractivity contribution in [1.82, 2.24) is 9.55 Å². The lowest BCUT2D eigenvalue weighted by Gasteiger charge is -2.08. The average Bonchev–Trinajstić information content (AvgIpc) is 2.84. The molecule has 0 radical (unpaired) electrons. The number of aromatic nitrogens is 2. The molecule has 108 valence electrons. The molecule has 2 aromatic heterocycles. The van der Waals surface area contributed by atoms with E-state index in [0.29, 0.717) is 29.3 Å². The van der Waals surface area contributed by atoms with E-state index in [-0.39, 0.29) is 5.56 Å². The molecule has 3 aromatic rings. The summed E-state index contributed by atoms with van der Waals surface area (Å²) in [5.41, 5.74) is 8.15. The monoisotopic (exact) mass is 301 g/mol. The molecule has 0 bridgehead atoms. The summed E-state index contributed by atoms with van der Waals surface area (Å²) in [6.07, 6.45) is 1.58. The van der Waals surface area contributed by atoms with E-state index in [4.69, 9.17) is 10.5 Å². The zero-order valence-corrected chi connectivity index (χ0v) is 12.4. The van der Waals surface area contributed by atoms with Crippen molar-refractivity contribution >= 4 is 27.2 Å². The molecule has 0 aliphatic carbocycles. The molecule has 0 amide bonds. The Morgan fingerprint density at radius 2 is 2.29 bits per heavy atom. The van der Waals surface area contributed by atoms with Crippen LogP contribution in [-0.4, -0.2) is 16.2 Å². The molecule has 5 nitrogen and oxygen atoms in total. The van der Waals surface area contributed by atoms with Crippen LogP contribution in [0.2, 0.25) is 0 Å². The molecule has 0 saturated heterocycles. The fourth-order valence-electron chi connectivity index (χ4n) is 2.09. The van der Waals surface area contributed by atoms with Gasteiger partial charge in [0, 0.05) is 11.8 Å². The van der Waals surface area contributed by atoms with Gasteiger partial charge in [0.1, 0.15) is 17.1 Å². The van der Waals surface area contributed by atoms with Crippen LogP contribution in [0.4, 0.5) is 5.69 Å². The first kappa shape index (κ1) is 13.6. The predicted molar refractivity (Wildman–Crippen MR) is 85.0 cm³/mol. The van der Waals surface area contributed by atoms with Gasteiger partial charge in [-0.25, -0.2) is 4.98 Å². The lowest BCUT2D eigenvalue weighted by molar-refractivity contribution is 0.296. The average molecular weight is 301 g/mol. The van der Waals surface area contributed by atoms with Crippen LogP contribution in [0, 0.1) is 6.92 Å². The van der Waals surface area contributed by atoms with E-state index < -0.39 is 0 Å². The maximum Gasteiger partial charge on any atom is 0.271 e. The van der Waals surface area contributed by atoms with Gasteiger partial charge in [-0.3, -0.25) is 9.36 Å². The van der Waals surface area contributed by atoms with Gasteiger partial charge >= 0.3 is 0 Å². The summed E-state index contributed by atoms with van der Waals surface area (Å²) < 4.78 is 7.87. The van der Waals surface area contributed by atoms with Gasteiger partial charge in [0.25, 0.3) is 5.56 Å². The van der Waals surface area contributed by atoms with Gasteiger partial charge in [0.2, 0.25) is 0 Å². The van der Waals surface area contributed by atoms with Gasteiger partial charge < -0.3 is 10.5 Å². The molecule has 0 atom stereocenters. The first-order valence-electron chi connectivity index (χ1n) is 6.57. The number of rotatable bonds is 4. The molecule has 21 heavy (non-hydrogen) atoms. The third kappa shape index (κ3) is 2.75. The number of nitrogens with zero attached hydrogens (tertiary/aromatic N) is 2. The van der Waals surface area contributed by atoms with Gasteiger partial charge in [0.15, 0.2) is 0 Å². The molecule has 2 N–H and O–H groups in total. The van der Waals surface area contributed by atoms with Crippen molar-refractivity contribution < 1.29 is 4.74 Å². The molecule has 3 rings (SSSR count). The maximum absolute atomic E-state index is 12.3. The summed E-state index contributed by atoms with van der Waals surface area (Å²) in [5, 5.41) is 1.95. The zero-order valence-electron chi connectivity index (χ0n) is 11.6. The number of hydrogen-bond donors (Lipinski definition) is 1. The highest BCUT2D eigenvalue weighted by Crippen LogP contribution is 2.19. The van der Waals surface area contributed by atoms with Crippen molar-refractivity contribution in [3.63, 3.8) is 0 Å². The van der Waals surface area contributed by atoms with E-state index in [2.05, 4.69) is 4.98 Å². The second-order valence-corrected chi connectivity index (χ2v) is 5.64. The van der Waals surface area contributed by atoms with Gasteiger partial charge in [-0.15, -0.1) is 11.3 Å². The van der Waals surface area contributed by atoms with Crippen LogP contribution in [0.3, 0.4) is 0 Å². The van der Waals surface area contributed by atoms with E-state index in [1.54, 1.807) is 23.0 Å². The highest BCUT2D eigenvalue weighted by atomic mass is 32.1. The smallest absolute Gasteiger partial charge is 0.271 e. The minimum atomic E-state index is -0.0192. The highest BCUT2D eigenvalue weighted by molar-refractivity contribution is 7.17. The molecule has 0 saturated carbocycles. The summed E-state index contributed by atoms with van der Waals surface area (Å²) in [5.74, 6) is 0.698. The van der Waals surface area contributed by atoms with E-state index >= 15 is 0 Å². The first-order valence-corrected chi connectivity index (χ1v) is 7.44. The van der Waals surface area contributed by atoms with E-state index in [1.807, 2.05) is 24.4 Å². The minimum Gasteiger partial charge on any atom is -0.492 e. The molecule has 0 spiro atoms. The number of aryl methyl sites for hydroxylation is 1. The number of hydrogen-bond acceptors (Lipinski definition) is 5. The highest BCUT2D eigenvalue weighted by Gasteiger charge is 2.08. The van der Waals surface area contributed by atoms with Crippen molar-refractivity contribution in [3.05, 3.63) is 51.9 Å². The standard InChI is InChI=1S/C15H15N3O2S/c1-10-8-21-14-13(10)17-9-18(15(14)19)5-6-20-12-4-2-3-11(16)7-12/h2-4,7-9H,5-6,16H2,1H3. The number of fused-ring (bicyclic) bond motifs is 1. The molecule has 0 fully saturated rings. The molecule has 2 heterocycles. The van der Waals surface area contributed by atoms with Gasteiger partial charge in [-0.1, -0.05) is 6.07 Å². The Morgan fingerprint density at radius 1 is 1.43 bits per heavy atom. The Kier molecular flexibility index (Phi) is 3.62. The predicted octanol–water partition coefficient (Wildman–Crippen LogP) is 2.43. The lowest BCUT2D eigenvalue weighted by Crippen LogP contribution is -2.22. The Bertz CT molecular complexity index is 838. The van der Waals surface area contributed by atoms with Crippen molar-refractivity contribution in [2.75, 3.05) is 12.3 Å². The second kappa shape index (κ2) is 5.57. The number of thiophene rings is 1. The molecule has 0 aliphatic heterocycles. The van der Waals surface area contributed by atoms with Crippen LogP contribution in [0.1, 0.15) is 5.56 Å². The van der Waals surface area contributed by atoms with E-state index in [9.17, 15) is 4.79 Å². The second-order valence-electron chi connectivity index (χ2n) is 4.76.